The molecule has 0 amide bonds. The molecule has 7 rings (SSSR count). The molecule has 0 bridgehead atoms. The van der Waals surface area contributed by atoms with Gasteiger partial charge in [-0.2, -0.15) is 0 Å². The summed E-state index contributed by atoms with van der Waals surface area (Å²) in [5.41, 5.74) is 6.65. The monoisotopic (exact) mass is 436 g/mol. The van der Waals surface area contributed by atoms with Gasteiger partial charge in [-0.3, -0.25) is 0 Å². The Morgan fingerprint density at radius 1 is 0.559 bits per heavy atom. The zero-order valence-electron chi connectivity index (χ0n) is 18.3. The first kappa shape index (κ1) is 18.8. The quantitative estimate of drug-likeness (QED) is 0.294. The number of para-hydroxylation sites is 2. The Labute approximate surface area is 196 Å². The Balaban J connectivity index is 1.50. The Morgan fingerprint density at radius 2 is 1.26 bits per heavy atom. The van der Waals surface area contributed by atoms with E-state index in [0.29, 0.717) is 0 Å². The fourth-order valence-electron chi connectivity index (χ4n) is 4.93. The lowest BCUT2D eigenvalue weighted by Gasteiger charge is -2.09. The fourth-order valence-corrected chi connectivity index (χ4v) is 4.93. The van der Waals surface area contributed by atoms with E-state index in [1.54, 1.807) is 0 Å². The van der Waals surface area contributed by atoms with Crippen LogP contribution in [0.1, 0.15) is 0 Å². The second-order valence-corrected chi connectivity index (χ2v) is 8.40. The van der Waals surface area contributed by atoms with Crippen LogP contribution in [-0.4, -0.2) is 19.1 Å². The van der Waals surface area contributed by atoms with Crippen LogP contribution in [0.4, 0.5) is 0 Å². The smallest absolute Gasteiger partial charge is 0.159 e. The third kappa shape index (κ3) is 2.79. The third-order valence-corrected chi connectivity index (χ3v) is 6.45. The zero-order valence-corrected chi connectivity index (χ0v) is 18.3. The van der Waals surface area contributed by atoms with Crippen molar-refractivity contribution in [1.82, 2.24) is 19.1 Å². The van der Waals surface area contributed by atoms with Crippen LogP contribution in [0.25, 0.3) is 55.5 Å². The van der Waals surface area contributed by atoms with E-state index in [-0.39, 0.29) is 0 Å². The molecule has 4 aromatic carbocycles. The minimum absolute atomic E-state index is 0.728. The van der Waals surface area contributed by atoms with Gasteiger partial charge in [0.25, 0.3) is 0 Å². The summed E-state index contributed by atoms with van der Waals surface area (Å²) >= 11 is 0. The van der Waals surface area contributed by atoms with Crippen molar-refractivity contribution in [2.24, 2.45) is 0 Å². The predicted molar refractivity (Wildman–Crippen MR) is 139 cm³/mol. The van der Waals surface area contributed by atoms with Gasteiger partial charge in [0.05, 0.1) is 34.6 Å². The van der Waals surface area contributed by atoms with Crippen molar-refractivity contribution in [2.75, 3.05) is 0 Å². The maximum absolute atomic E-state index is 4.67. The summed E-state index contributed by atoms with van der Waals surface area (Å²) in [6, 6.07) is 35.8. The number of hydrogen-bond donors (Lipinski definition) is 0. The van der Waals surface area contributed by atoms with Crippen molar-refractivity contribution in [2.45, 2.75) is 0 Å². The van der Waals surface area contributed by atoms with E-state index in [4.69, 9.17) is 0 Å². The Bertz CT molecular complexity index is 1780. The first-order valence-electron chi connectivity index (χ1n) is 11.3. The molecule has 0 fully saturated rings. The molecule has 0 radical (unpaired) electrons. The van der Waals surface area contributed by atoms with Crippen LogP contribution in [-0.2, 0) is 0 Å². The Morgan fingerprint density at radius 3 is 2.06 bits per heavy atom. The minimum atomic E-state index is 0.728. The number of rotatable bonds is 3. The van der Waals surface area contributed by atoms with Gasteiger partial charge < -0.3 is 9.13 Å². The molecule has 7 aromatic rings. The molecule has 34 heavy (non-hydrogen) atoms. The maximum Gasteiger partial charge on any atom is 0.159 e. The molecular formula is C30H20N4. The summed E-state index contributed by atoms with van der Waals surface area (Å²) in [4.78, 5) is 9.34. The van der Waals surface area contributed by atoms with Crippen molar-refractivity contribution in [3.8, 4) is 22.8 Å². The minimum Gasteiger partial charge on any atom is -0.313 e. The average Bonchev–Trinajstić information content (AvgIpc) is 3.49. The Hall–Kier alpha value is -4.70. The highest BCUT2D eigenvalue weighted by Crippen LogP contribution is 2.37. The summed E-state index contributed by atoms with van der Waals surface area (Å²) in [5.74, 6) is 0.728. The third-order valence-electron chi connectivity index (χ3n) is 6.45. The first-order chi connectivity index (χ1) is 16.9. The van der Waals surface area contributed by atoms with E-state index in [9.17, 15) is 0 Å². The molecule has 0 aliphatic heterocycles. The van der Waals surface area contributed by atoms with Crippen molar-refractivity contribution in [3.05, 3.63) is 122 Å². The van der Waals surface area contributed by atoms with Crippen molar-refractivity contribution >= 4 is 32.7 Å². The van der Waals surface area contributed by atoms with Gasteiger partial charge in [-0.1, -0.05) is 72.8 Å². The summed E-state index contributed by atoms with van der Waals surface area (Å²) in [6.07, 6.45) is 5.92. The van der Waals surface area contributed by atoms with E-state index >= 15 is 0 Å². The number of benzene rings is 4. The van der Waals surface area contributed by atoms with Crippen LogP contribution >= 0.6 is 0 Å². The summed E-state index contributed by atoms with van der Waals surface area (Å²) in [5, 5.41) is 3.65. The van der Waals surface area contributed by atoms with Gasteiger partial charge in [0, 0.05) is 33.6 Å². The molecule has 0 unspecified atom stereocenters. The lowest BCUT2D eigenvalue weighted by atomic mass is 10.1. The topological polar surface area (TPSA) is 35.6 Å². The highest BCUT2D eigenvalue weighted by Gasteiger charge is 2.17. The van der Waals surface area contributed by atoms with Crippen LogP contribution < -0.4 is 0 Å². The van der Waals surface area contributed by atoms with E-state index in [1.165, 1.54) is 32.7 Å². The lowest BCUT2D eigenvalue weighted by molar-refractivity contribution is 1.06. The molecule has 3 heterocycles. The summed E-state index contributed by atoms with van der Waals surface area (Å²) in [7, 11) is 0. The highest BCUT2D eigenvalue weighted by molar-refractivity contribution is 6.20. The van der Waals surface area contributed by atoms with Crippen molar-refractivity contribution in [1.29, 1.82) is 0 Å². The van der Waals surface area contributed by atoms with Gasteiger partial charge >= 0.3 is 0 Å². The fraction of sp³-hybridized carbons (Fsp3) is 0. The van der Waals surface area contributed by atoms with Crippen LogP contribution in [0.2, 0.25) is 0 Å². The van der Waals surface area contributed by atoms with Gasteiger partial charge in [0.15, 0.2) is 5.82 Å². The molecule has 0 aliphatic carbocycles. The van der Waals surface area contributed by atoms with Crippen LogP contribution in [0.5, 0.6) is 0 Å². The second-order valence-electron chi connectivity index (χ2n) is 8.40. The Kier molecular flexibility index (Phi) is 4.11. The maximum atomic E-state index is 4.67. The van der Waals surface area contributed by atoms with Crippen molar-refractivity contribution < 1.29 is 0 Å². The van der Waals surface area contributed by atoms with Crippen molar-refractivity contribution in [3.63, 3.8) is 0 Å². The number of hydrogen-bond acceptors (Lipinski definition) is 2. The number of aromatic nitrogens is 4. The molecule has 0 atom stereocenters. The largest absolute Gasteiger partial charge is 0.313 e. The van der Waals surface area contributed by atoms with Gasteiger partial charge in [-0.15, -0.1) is 0 Å². The van der Waals surface area contributed by atoms with Crippen LogP contribution in [0.3, 0.4) is 0 Å². The summed E-state index contributed by atoms with van der Waals surface area (Å²) < 4.78 is 4.55. The highest BCUT2D eigenvalue weighted by atomic mass is 15.0. The van der Waals surface area contributed by atoms with Crippen LogP contribution in [0.15, 0.2) is 122 Å². The average molecular weight is 437 g/mol. The second kappa shape index (κ2) is 7.42. The summed E-state index contributed by atoms with van der Waals surface area (Å²) in [6.45, 7) is 0. The molecule has 3 aromatic heterocycles. The zero-order chi connectivity index (χ0) is 22.5. The van der Waals surface area contributed by atoms with E-state index < -0.39 is 0 Å². The molecule has 0 aliphatic rings. The van der Waals surface area contributed by atoms with E-state index in [2.05, 4.69) is 98.1 Å². The molecular weight excluding hydrogens is 416 g/mol. The van der Waals surface area contributed by atoms with E-state index in [1.807, 2.05) is 42.7 Å². The molecule has 0 saturated carbocycles. The number of nitrogens with zero attached hydrogens (tertiary/aromatic N) is 4. The molecule has 0 saturated heterocycles. The van der Waals surface area contributed by atoms with Crippen LogP contribution in [0, 0.1) is 0 Å². The first-order valence-corrected chi connectivity index (χ1v) is 11.3. The lowest BCUT2D eigenvalue weighted by Crippen LogP contribution is -1.97. The SMILES string of the molecule is c1ccc(-c2ncc(-n3ccc4ccc5c(c6ccccc6n5-c5ccccc5)c43)cn2)cc1. The number of fused-ring (bicyclic) bond motifs is 5. The normalized spacial score (nSPS) is 11.5. The standard InChI is InChI=1S/C30H20N4/c1-3-9-22(10-4-1)30-31-19-24(20-32-30)33-18-17-21-15-16-27-28(29(21)33)25-13-7-8-14-26(25)34(27)23-11-5-2-6-12-23/h1-20H. The molecule has 4 nitrogen and oxygen atoms in total. The molecule has 4 heteroatoms. The predicted octanol–water partition coefficient (Wildman–Crippen LogP) is 7.18. The molecule has 0 spiro atoms. The van der Waals surface area contributed by atoms with Gasteiger partial charge in [-0.25, -0.2) is 9.97 Å². The van der Waals surface area contributed by atoms with E-state index in [0.717, 1.165) is 22.8 Å². The van der Waals surface area contributed by atoms with Gasteiger partial charge in [-0.05, 0) is 30.3 Å². The molecule has 0 N–H and O–H groups in total. The molecule has 160 valence electrons. The van der Waals surface area contributed by atoms with Gasteiger partial charge in [0.1, 0.15) is 0 Å². The van der Waals surface area contributed by atoms with Gasteiger partial charge in [0.2, 0.25) is 0 Å².